The minimum Gasteiger partial charge on any atom is -0.328 e. The summed E-state index contributed by atoms with van der Waals surface area (Å²) in [5.41, 5.74) is -0.108. The van der Waals surface area contributed by atoms with Crippen molar-refractivity contribution in [2.24, 2.45) is 5.92 Å². The van der Waals surface area contributed by atoms with Crippen LogP contribution < -0.4 is 5.32 Å². The maximum atomic E-state index is 12.6. The summed E-state index contributed by atoms with van der Waals surface area (Å²) in [7, 11) is 0. The first kappa shape index (κ1) is 25.1. The molecule has 0 radical (unpaired) electrons. The highest BCUT2D eigenvalue weighted by Gasteiger charge is 2.48. The predicted octanol–water partition coefficient (Wildman–Crippen LogP) is 5.80. The van der Waals surface area contributed by atoms with Gasteiger partial charge >= 0.3 is 0 Å². The number of unbranched alkanes of at least 4 members (excludes halogenated alkanes) is 9. The molecule has 0 aromatic heterocycles. The topological polar surface area (TPSA) is 49.4 Å². The molecule has 0 bridgehead atoms. The lowest BCUT2D eigenvalue weighted by Crippen LogP contribution is -2.68. The molecule has 2 atom stereocenters. The Kier molecular flexibility index (Phi) is 9.59. The number of piperidine rings is 1. The van der Waals surface area contributed by atoms with Crippen LogP contribution in [0.5, 0.6) is 0 Å². The Labute approximate surface area is 185 Å². The molecule has 4 nitrogen and oxygen atoms in total. The molecule has 0 aromatic carbocycles. The highest BCUT2D eigenvalue weighted by Crippen LogP contribution is 2.40. The number of hydrogen-bond acceptors (Lipinski definition) is 3. The van der Waals surface area contributed by atoms with Gasteiger partial charge < -0.3 is 10.2 Å². The standard InChI is InChI=1S/C26H46N2O2/c1-6-7-8-9-10-11-12-13-14-15-16-22-23(19-25(2,3)27-26(22,4)5)28-20-21(29)17-18-24(28)30/h17-18,22-23,27H,6-16,19-20H2,1-5H3. The number of hydrogen-bond donors (Lipinski definition) is 1. The molecule has 30 heavy (non-hydrogen) atoms. The third kappa shape index (κ3) is 7.51. The molecule has 0 aromatic rings. The number of rotatable bonds is 12. The van der Waals surface area contributed by atoms with Crippen LogP contribution >= 0.6 is 0 Å². The zero-order valence-electron chi connectivity index (χ0n) is 20.3. The molecule has 1 amide bonds. The van der Waals surface area contributed by atoms with Gasteiger partial charge in [0.15, 0.2) is 5.78 Å². The van der Waals surface area contributed by atoms with E-state index < -0.39 is 0 Å². The van der Waals surface area contributed by atoms with Crippen LogP contribution in [-0.2, 0) is 9.59 Å². The van der Waals surface area contributed by atoms with Crippen LogP contribution in [-0.4, -0.2) is 40.3 Å². The molecular weight excluding hydrogens is 372 g/mol. The predicted molar refractivity (Wildman–Crippen MR) is 126 cm³/mol. The quantitative estimate of drug-likeness (QED) is 0.407. The maximum Gasteiger partial charge on any atom is 0.247 e. The second kappa shape index (κ2) is 11.5. The number of amides is 1. The Hall–Kier alpha value is -1.16. The average molecular weight is 419 g/mol. The summed E-state index contributed by atoms with van der Waals surface area (Å²) in [6.45, 7) is 11.5. The zero-order chi connectivity index (χ0) is 22.2. The Balaban J connectivity index is 1.87. The molecule has 0 saturated carbocycles. The summed E-state index contributed by atoms with van der Waals surface area (Å²) in [6, 6.07) is 0.121. The summed E-state index contributed by atoms with van der Waals surface area (Å²) < 4.78 is 0. The van der Waals surface area contributed by atoms with Crippen molar-refractivity contribution in [2.75, 3.05) is 6.54 Å². The van der Waals surface area contributed by atoms with Crippen LogP contribution in [0.4, 0.5) is 0 Å². The first-order chi connectivity index (χ1) is 14.2. The first-order valence-electron chi connectivity index (χ1n) is 12.5. The molecule has 1 N–H and O–H groups in total. The molecule has 2 unspecified atom stereocenters. The molecule has 0 aliphatic carbocycles. The Bertz CT molecular complexity index is 594. The Morgan fingerprint density at radius 1 is 0.900 bits per heavy atom. The molecule has 2 aliphatic heterocycles. The van der Waals surface area contributed by atoms with Gasteiger partial charge in [0, 0.05) is 23.2 Å². The first-order valence-corrected chi connectivity index (χ1v) is 12.5. The van der Waals surface area contributed by atoms with Crippen LogP contribution in [0.1, 0.15) is 112 Å². The van der Waals surface area contributed by atoms with Crippen LogP contribution in [0, 0.1) is 5.92 Å². The minimum atomic E-state index is -0.0593. The lowest BCUT2D eigenvalue weighted by Gasteiger charge is -2.55. The Morgan fingerprint density at radius 2 is 1.47 bits per heavy atom. The summed E-state index contributed by atoms with van der Waals surface area (Å²) in [6.07, 6.45) is 18.3. The molecule has 2 heterocycles. The largest absolute Gasteiger partial charge is 0.328 e. The second-order valence-electron chi connectivity index (χ2n) is 10.8. The monoisotopic (exact) mass is 418 g/mol. The number of carbonyl (C=O) groups is 2. The molecule has 172 valence electrons. The molecule has 4 heteroatoms. The fraction of sp³-hybridized carbons (Fsp3) is 0.846. The van der Waals surface area contributed by atoms with Crippen LogP contribution in [0.25, 0.3) is 0 Å². The molecule has 2 rings (SSSR count). The number of nitrogens with zero attached hydrogens (tertiary/aromatic N) is 1. The summed E-state index contributed by atoms with van der Waals surface area (Å²) >= 11 is 0. The van der Waals surface area contributed by atoms with E-state index in [2.05, 4.69) is 39.9 Å². The molecular formula is C26H46N2O2. The van der Waals surface area contributed by atoms with Gasteiger partial charge in [-0.05, 0) is 52.5 Å². The van der Waals surface area contributed by atoms with Gasteiger partial charge in [0.1, 0.15) is 0 Å². The average Bonchev–Trinajstić information content (AvgIpc) is 2.65. The highest BCUT2D eigenvalue weighted by molar-refractivity contribution is 6.04. The SMILES string of the molecule is CCCCCCCCCCCCC1C(N2CC(=O)C=CC2=O)CC(C)(C)NC1(C)C. The third-order valence-corrected chi connectivity index (χ3v) is 7.06. The van der Waals surface area contributed by atoms with E-state index in [0.29, 0.717) is 5.92 Å². The van der Waals surface area contributed by atoms with E-state index in [0.717, 1.165) is 12.8 Å². The van der Waals surface area contributed by atoms with Gasteiger partial charge in [-0.25, -0.2) is 0 Å². The van der Waals surface area contributed by atoms with Gasteiger partial charge in [-0.1, -0.05) is 71.1 Å². The van der Waals surface area contributed by atoms with Crippen molar-refractivity contribution in [3.8, 4) is 0 Å². The minimum absolute atomic E-state index is 0.00109. The summed E-state index contributed by atoms with van der Waals surface area (Å²) in [4.78, 5) is 26.5. The third-order valence-electron chi connectivity index (χ3n) is 7.06. The highest BCUT2D eigenvalue weighted by atomic mass is 16.2. The van der Waals surface area contributed by atoms with E-state index in [-0.39, 0.29) is 35.4 Å². The lowest BCUT2D eigenvalue weighted by atomic mass is 9.68. The van der Waals surface area contributed by atoms with Gasteiger partial charge in [-0.15, -0.1) is 0 Å². The van der Waals surface area contributed by atoms with Gasteiger partial charge in [-0.3, -0.25) is 9.59 Å². The van der Waals surface area contributed by atoms with Crippen LogP contribution in [0.2, 0.25) is 0 Å². The molecule has 1 saturated heterocycles. The zero-order valence-corrected chi connectivity index (χ0v) is 20.3. The van der Waals surface area contributed by atoms with Gasteiger partial charge in [-0.2, -0.15) is 0 Å². The van der Waals surface area contributed by atoms with Crippen molar-refractivity contribution >= 4 is 11.7 Å². The van der Waals surface area contributed by atoms with Crippen molar-refractivity contribution in [3.05, 3.63) is 12.2 Å². The molecule has 2 aliphatic rings. The van der Waals surface area contributed by atoms with Crippen molar-refractivity contribution in [2.45, 2.75) is 129 Å². The fourth-order valence-electron chi connectivity index (χ4n) is 5.73. The van der Waals surface area contributed by atoms with Gasteiger partial charge in [0.05, 0.1) is 6.54 Å². The smallest absolute Gasteiger partial charge is 0.247 e. The molecule has 0 spiro atoms. The number of nitrogens with one attached hydrogen (secondary N) is 1. The normalized spacial score (nSPS) is 25.7. The summed E-state index contributed by atoms with van der Waals surface area (Å²) in [5, 5.41) is 3.82. The van der Waals surface area contributed by atoms with Crippen LogP contribution in [0.15, 0.2) is 12.2 Å². The maximum absolute atomic E-state index is 12.6. The van der Waals surface area contributed by atoms with Crippen molar-refractivity contribution in [1.29, 1.82) is 0 Å². The van der Waals surface area contributed by atoms with Crippen molar-refractivity contribution < 1.29 is 9.59 Å². The summed E-state index contributed by atoms with van der Waals surface area (Å²) in [5.74, 6) is 0.408. The number of carbonyl (C=O) groups excluding carboxylic acids is 2. The van der Waals surface area contributed by atoms with E-state index in [1.807, 2.05) is 4.90 Å². The van der Waals surface area contributed by atoms with E-state index in [9.17, 15) is 9.59 Å². The van der Waals surface area contributed by atoms with Gasteiger partial charge in [0.25, 0.3) is 0 Å². The Morgan fingerprint density at radius 3 is 2.07 bits per heavy atom. The lowest BCUT2D eigenvalue weighted by molar-refractivity contribution is -0.138. The van der Waals surface area contributed by atoms with E-state index in [1.165, 1.54) is 76.4 Å². The van der Waals surface area contributed by atoms with Crippen LogP contribution in [0.3, 0.4) is 0 Å². The van der Waals surface area contributed by atoms with E-state index in [1.54, 1.807) is 0 Å². The molecule has 1 fully saturated rings. The van der Waals surface area contributed by atoms with E-state index >= 15 is 0 Å². The van der Waals surface area contributed by atoms with Crippen molar-refractivity contribution in [1.82, 2.24) is 10.2 Å². The van der Waals surface area contributed by atoms with Crippen molar-refractivity contribution in [3.63, 3.8) is 0 Å². The van der Waals surface area contributed by atoms with E-state index in [4.69, 9.17) is 0 Å². The fourth-order valence-corrected chi connectivity index (χ4v) is 5.73. The number of ketones is 1. The second-order valence-corrected chi connectivity index (χ2v) is 10.8. The van der Waals surface area contributed by atoms with Gasteiger partial charge in [0.2, 0.25) is 5.91 Å².